The third-order valence-corrected chi connectivity index (χ3v) is 2.80. The number of hydrogen-bond donors (Lipinski definition) is 0. The van der Waals surface area contributed by atoms with Gasteiger partial charge in [-0.2, -0.15) is 0 Å². The number of nitrogens with zero attached hydrogens (tertiary/aromatic N) is 1. The molecular weight excluding hydrogens is 267 g/mol. The van der Waals surface area contributed by atoms with Crippen LogP contribution in [0.1, 0.15) is 22.5 Å². The van der Waals surface area contributed by atoms with Gasteiger partial charge in [0.2, 0.25) is 0 Å². The van der Waals surface area contributed by atoms with Crippen LogP contribution in [0.5, 0.6) is 0 Å². The van der Waals surface area contributed by atoms with Crippen LogP contribution in [0, 0.1) is 0 Å². The van der Waals surface area contributed by atoms with E-state index in [4.69, 9.17) is 11.6 Å². The van der Waals surface area contributed by atoms with Gasteiger partial charge in [-0.25, -0.2) is 8.78 Å². The van der Waals surface area contributed by atoms with Crippen molar-refractivity contribution in [1.29, 1.82) is 0 Å². The lowest BCUT2D eigenvalue weighted by Gasteiger charge is -2.04. The molecule has 0 bridgehead atoms. The average molecular weight is 270 g/mol. The number of rotatable bonds is 2. The van der Waals surface area contributed by atoms with Crippen molar-refractivity contribution >= 4 is 33.8 Å². The van der Waals surface area contributed by atoms with E-state index in [1.165, 1.54) is 0 Å². The fourth-order valence-electron chi connectivity index (χ4n) is 0.726. The van der Waals surface area contributed by atoms with E-state index in [1.807, 2.05) is 0 Å². The summed E-state index contributed by atoms with van der Waals surface area (Å²) in [4.78, 5) is 13.8. The highest BCUT2D eigenvalue weighted by Gasteiger charge is 2.17. The molecule has 1 heterocycles. The summed E-state index contributed by atoms with van der Waals surface area (Å²) in [5.74, 6) is 0. The number of pyridine rings is 1. The number of aldehydes is 1. The standard InChI is InChI=1S/C7H3BrClF2NO/c8-5-4(2-13)12-1-3(6(5)9)7(10)11/h1-2,7H. The van der Waals surface area contributed by atoms with Crippen LogP contribution in [0.3, 0.4) is 0 Å². The molecule has 1 aromatic heterocycles. The van der Waals surface area contributed by atoms with Crippen molar-refractivity contribution in [3.63, 3.8) is 0 Å². The molecule has 0 aliphatic heterocycles. The van der Waals surface area contributed by atoms with Gasteiger partial charge in [0.05, 0.1) is 15.1 Å². The Morgan fingerprint density at radius 2 is 2.23 bits per heavy atom. The minimum Gasteiger partial charge on any atom is -0.296 e. The Balaban J connectivity index is 3.31. The monoisotopic (exact) mass is 269 g/mol. The van der Waals surface area contributed by atoms with Crippen molar-refractivity contribution in [2.24, 2.45) is 0 Å². The minimum absolute atomic E-state index is 0.00870. The Bertz CT molecular complexity index is 346. The number of halogens is 4. The van der Waals surface area contributed by atoms with E-state index in [2.05, 4.69) is 20.9 Å². The fourth-order valence-corrected chi connectivity index (χ4v) is 1.38. The van der Waals surface area contributed by atoms with Gasteiger partial charge in [-0.1, -0.05) is 11.6 Å². The van der Waals surface area contributed by atoms with Gasteiger partial charge in [-0.3, -0.25) is 9.78 Å². The first-order chi connectivity index (χ1) is 6.07. The number of hydrogen-bond acceptors (Lipinski definition) is 2. The molecule has 0 saturated heterocycles. The molecule has 1 rings (SSSR count). The number of aromatic nitrogens is 1. The Morgan fingerprint density at radius 1 is 1.62 bits per heavy atom. The van der Waals surface area contributed by atoms with Gasteiger partial charge < -0.3 is 0 Å². The quantitative estimate of drug-likeness (QED) is 0.772. The first-order valence-corrected chi connectivity index (χ1v) is 4.32. The molecule has 0 aliphatic carbocycles. The third kappa shape index (κ3) is 2.03. The maximum Gasteiger partial charge on any atom is 0.266 e. The zero-order valence-electron chi connectivity index (χ0n) is 6.10. The average Bonchev–Trinajstić information content (AvgIpc) is 2.09. The van der Waals surface area contributed by atoms with Crippen LogP contribution in [0.15, 0.2) is 10.7 Å². The summed E-state index contributed by atoms with van der Waals surface area (Å²) in [6.07, 6.45) is -1.37. The van der Waals surface area contributed by atoms with Crippen LogP contribution in [0.4, 0.5) is 8.78 Å². The first kappa shape index (κ1) is 10.5. The van der Waals surface area contributed by atoms with Crippen LogP contribution < -0.4 is 0 Å². The Morgan fingerprint density at radius 3 is 2.69 bits per heavy atom. The molecule has 0 atom stereocenters. The largest absolute Gasteiger partial charge is 0.296 e. The van der Waals surface area contributed by atoms with Crippen LogP contribution in [-0.4, -0.2) is 11.3 Å². The fraction of sp³-hybridized carbons (Fsp3) is 0.143. The van der Waals surface area contributed by atoms with E-state index in [-0.39, 0.29) is 20.8 Å². The second kappa shape index (κ2) is 4.11. The second-order valence-electron chi connectivity index (χ2n) is 2.15. The minimum atomic E-state index is -2.70. The van der Waals surface area contributed by atoms with E-state index in [0.29, 0.717) is 6.29 Å². The smallest absolute Gasteiger partial charge is 0.266 e. The molecule has 0 amide bonds. The number of carbonyl (C=O) groups excluding carboxylic acids is 1. The van der Waals surface area contributed by atoms with E-state index >= 15 is 0 Å². The molecule has 70 valence electrons. The summed E-state index contributed by atoms with van der Waals surface area (Å²) in [6.45, 7) is 0. The third-order valence-electron chi connectivity index (χ3n) is 1.36. The molecule has 0 aromatic carbocycles. The summed E-state index contributed by atoms with van der Waals surface area (Å²) in [5, 5.41) is -0.174. The Labute approximate surface area is 86.0 Å². The zero-order valence-corrected chi connectivity index (χ0v) is 8.44. The van der Waals surface area contributed by atoms with Crippen molar-refractivity contribution < 1.29 is 13.6 Å². The van der Waals surface area contributed by atoms with Gasteiger partial charge >= 0.3 is 0 Å². The molecule has 1 aromatic rings. The topological polar surface area (TPSA) is 30.0 Å². The maximum absolute atomic E-state index is 12.2. The van der Waals surface area contributed by atoms with Crippen molar-refractivity contribution in [3.8, 4) is 0 Å². The van der Waals surface area contributed by atoms with Gasteiger partial charge in [-0.05, 0) is 15.9 Å². The Kier molecular flexibility index (Phi) is 3.33. The van der Waals surface area contributed by atoms with Crippen molar-refractivity contribution in [3.05, 3.63) is 26.9 Å². The maximum atomic E-state index is 12.2. The van der Waals surface area contributed by atoms with Crippen LogP contribution in [0.25, 0.3) is 0 Å². The van der Waals surface area contributed by atoms with Crippen molar-refractivity contribution in [2.75, 3.05) is 0 Å². The van der Waals surface area contributed by atoms with Crippen molar-refractivity contribution in [2.45, 2.75) is 6.43 Å². The van der Waals surface area contributed by atoms with Crippen LogP contribution in [0.2, 0.25) is 5.02 Å². The Hall–Kier alpha value is -0.550. The molecule has 13 heavy (non-hydrogen) atoms. The van der Waals surface area contributed by atoms with Gasteiger partial charge in [-0.15, -0.1) is 0 Å². The van der Waals surface area contributed by atoms with E-state index in [1.54, 1.807) is 0 Å². The molecule has 2 nitrogen and oxygen atoms in total. The van der Waals surface area contributed by atoms with Crippen LogP contribution in [-0.2, 0) is 0 Å². The van der Waals surface area contributed by atoms with Gasteiger partial charge in [0.15, 0.2) is 6.29 Å². The molecule has 0 aliphatic rings. The first-order valence-electron chi connectivity index (χ1n) is 3.15. The normalized spacial score (nSPS) is 10.5. The highest BCUT2D eigenvalue weighted by Crippen LogP contribution is 2.33. The number of carbonyl (C=O) groups is 1. The van der Waals surface area contributed by atoms with Gasteiger partial charge in [0.1, 0.15) is 5.69 Å². The van der Waals surface area contributed by atoms with Gasteiger partial charge in [0.25, 0.3) is 6.43 Å². The van der Waals surface area contributed by atoms with E-state index in [9.17, 15) is 13.6 Å². The summed E-state index contributed by atoms with van der Waals surface area (Å²) >= 11 is 8.45. The zero-order chi connectivity index (χ0) is 10.0. The van der Waals surface area contributed by atoms with E-state index in [0.717, 1.165) is 6.20 Å². The lowest BCUT2D eigenvalue weighted by atomic mass is 10.2. The molecular formula is C7H3BrClF2NO. The lowest BCUT2D eigenvalue weighted by Crippen LogP contribution is -1.95. The van der Waals surface area contributed by atoms with Gasteiger partial charge in [0, 0.05) is 6.20 Å². The molecule has 0 saturated carbocycles. The molecule has 0 N–H and O–H groups in total. The number of alkyl halides is 2. The van der Waals surface area contributed by atoms with Crippen molar-refractivity contribution in [1.82, 2.24) is 4.98 Å². The highest BCUT2D eigenvalue weighted by molar-refractivity contribution is 9.10. The van der Waals surface area contributed by atoms with E-state index < -0.39 is 6.43 Å². The summed E-state index contributed by atoms with van der Waals surface area (Å²) < 4.78 is 24.5. The molecule has 0 unspecified atom stereocenters. The molecule has 6 heteroatoms. The van der Waals surface area contributed by atoms with Crippen LogP contribution >= 0.6 is 27.5 Å². The second-order valence-corrected chi connectivity index (χ2v) is 3.32. The molecule has 0 fully saturated rings. The lowest BCUT2D eigenvalue weighted by molar-refractivity contribution is 0.111. The molecule has 0 radical (unpaired) electrons. The SMILES string of the molecule is O=Cc1ncc(C(F)F)c(Cl)c1Br. The molecule has 0 spiro atoms. The summed E-state index contributed by atoms with van der Waals surface area (Å²) in [5.41, 5.74) is -0.381. The predicted molar refractivity (Wildman–Crippen MR) is 47.3 cm³/mol. The predicted octanol–water partition coefficient (Wildman–Crippen LogP) is 3.25. The summed E-state index contributed by atoms with van der Waals surface area (Å²) in [6, 6.07) is 0. The summed E-state index contributed by atoms with van der Waals surface area (Å²) in [7, 11) is 0. The highest BCUT2D eigenvalue weighted by atomic mass is 79.9.